The van der Waals surface area contributed by atoms with E-state index < -0.39 is 0 Å². The van der Waals surface area contributed by atoms with Gasteiger partial charge in [-0.2, -0.15) is 0 Å². The van der Waals surface area contributed by atoms with Gasteiger partial charge in [-0.3, -0.25) is 0 Å². The van der Waals surface area contributed by atoms with Crippen LogP contribution in [0.15, 0.2) is 18.2 Å². The Morgan fingerprint density at radius 2 is 1.88 bits per heavy atom. The van der Waals surface area contributed by atoms with Gasteiger partial charge in [-0.15, -0.1) is 0 Å². The second-order valence-electron chi connectivity index (χ2n) is 5.59. The predicted octanol–water partition coefficient (Wildman–Crippen LogP) is 3.62. The van der Waals surface area contributed by atoms with E-state index in [4.69, 9.17) is 0 Å². The van der Waals surface area contributed by atoms with Crippen molar-refractivity contribution in [2.24, 2.45) is 5.92 Å². The van der Waals surface area contributed by atoms with Gasteiger partial charge in [0.25, 0.3) is 0 Å². The summed E-state index contributed by atoms with van der Waals surface area (Å²) in [4.78, 5) is 0. The van der Waals surface area contributed by atoms with Gasteiger partial charge in [0.05, 0.1) is 0 Å². The summed E-state index contributed by atoms with van der Waals surface area (Å²) in [7, 11) is 2.10. The van der Waals surface area contributed by atoms with Crippen molar-refractivity contribution in [1.29, 1.82) is 0 Å². The van der Waals surface area contributed by atoms with E-state index in [9.17, 15) is 0 Å². The molecule has 0 aliphatic heterocycles. The lowest BCUT2D eigenvalue weighted by atomic mass is 9.80. The van der Waals surface area contributed by atoms with Gasteiger partial charge in [0.1, 0.15) is 0 Å². The van der Waals surface area contributed by atoms with Crippen molar-refractivity contribution in [1.82, 2.24) is 5.32 Å². The molecule has 0 spiro atoms. The van der Waals surface area contributed by atoms with Crippen LogP contribution in [-0.4, -0.2) is 13.1 Å². The Labute approximate surface area is 106 Å². The molecule has 0 radical (unpaired) electrons. The zero-order chi connectivity index (χ0) is 12.3. The van der Waals surface area contributed by atoms with Gasteiger partial charge >= 0.3 is 0 Å². The Morgan fingerprint density at radius 3 is 2.53 bits per heavy atom. The highest BCUT2D eigenvalue weighted by Crippen LogP contribution is 2.29. The second kappa shape index (κ2) is 5.68. The summed E-state index contributed by atoms with van der Waals surface area (Å²) in [5.74, 6) is 0.876. The first kappa shape index (κ1) is 12.6. The van der Waals surface area contributed by atoms with Gasteiger partial charge in [-0.25, -0.2) is 0 Å². The molecule has 2 atom stereocenters. The Morgan fingerprint density at radius 1 is 1.18 bits per heavy atom. The van der Waals surface area contributed by atoms with Crippen molar-refractivity contribution in [3.05, 3.63) is 34.9 Å². The van der Waals surface area contributed by atoms with E-state index in [1.807, 2.05) is 0 Å². The van der Waals surface area contributed by atoms with Crippen LogP contribution in [0.25, 0.3) is 0 Å². The molecule has 1 aliphatic carbocycles. The normalized spacial score (nSPS) is 24.9. The SMILES string of the molecule is CNC1CCCC(Cc2c(C)cccc2C)C1. The number of hydrogen-bond donors (Lipinski definition) is 1. The van der Waals surface area contributed by atoms with Gasteiger partial charge in [-0.1, -0.05) is 31.0 Å². The molecule has 0 amide bonds. The van der Waals surface area contributed by atoms with E-state index in [0.29, 0.717) is 0 Å². The maximum absolute atomic E-state index is 3.45. The van der Waals surface area contributed by atoms with E-state index in [0.717, 1.165) is 12.0 Å². The molecule has 2 rings (SSSR count). The number of aryl methyl sites for hydroxylation is 2. The van der Waals surface area contributed by atoms with Gasteiger partial charge in [0.2, 0.25) is 0 Å². The first-order chi connectivity index (χ1) is 8.20. The molecule has 1 aliphatic rings. The third-order valence-corrected chi connectivity index (χ3v) is 4.33. The van der Waals surface area contributed by atoms with E-state index in [2.05, 4.69) is 44.4 Å². The monoisotopic (exact) mass is 231 g/mol. The summed E-state index contributed by atoms with van der Waals surface area (Å²) < 4.78 is 0. The second-order valence-corrected chi connectivity index (χ2v) is 5.59. The summed E-state index contributed by atoms with van der Waals surface area (Å²) in [6, 6.07) is 7.42. The Kier molecular flexibility index (Phi) is 4.22. The molecule has 1 heteroatoms. The topological polar surface area (TPSA) is 12.0 Å². The van der Waals surface area contributed by atoms with Crippen LogP contribution in [-0.2, 0) is 6.42 Å². The summed E-state index contributed by atoms with van der Waals surface area (Å²) in [6.07, 6.45) is 6.79. The standard InChI is InChI=1S/C16H25N/c1-12-6-4-7-13(2)16(12)11-14-8-5-9-15(10-14)17-3/h4,6-7,14-15,17H,5,8-11H2,1-3H3. The Bertz CT molecular complexity index is 350. The zero-order valence-corrected chi connectivity index (χ0v) is 11.4. The van der Waals surface area contributed by atoms with E-state index >= 15 is 0 Å². The van der Waals surface area contributed by atoms with Crippen molar-refractivity contribution in [2.45, 2.75) is 52.0 Å². The Hall–Kier alpha value is -0.820. The lowest BCUT2D eigenvalue weighted by Gasteiger charge is -2.29. The fourth-order valence-electron chi connectivity index (χ4n) is 3.20. The van der Waals surface area contributed by atoms with E-state index in [1.165, 1.54) is 43.2 Å². The molecule has 1 fully saturated rings. The summed E-state index contributed by atoms with van der Waals surface area (Å²) >= 11 is 0. The molecule has 0 heterocycles. The number of hydrogen-bond acceptors (Lipinski definition) is 1. The highest BCUT2D eigenvalue weighted by Gasteiger charge is 2.21. The number of nitrogens with one attached hydrogen (secondary N) is 1. The summed E-state index contributed by atoms with van der Waals surface area (Å²) in [6.45, 7) is 4.50. The van der Waals surface area contributed by atoms with E-state index in [1.54, 1.807) is 5.56 Å². The quantitative estimate of drug-likeness (QED) is 0.837. The molecule has 1 N–H and O–H groups in total. The summed E-state index contributed by atoms with van der Waals surface area (Å²) in [5.41, 5.74) is 4.53. The van der Waals surface area contributed by atoms with Crippen molar-refractivity contribution in [3.8, 4) is 0 Å². The van der Waals surface area contributed by atoms with Crippen molar-refractivity contribution < 1.29 is 0 Å². The minimum Gasteiger partial charge on any atom is -0.317 e. The first-order valence-corrected chi connectivity index (χ1v) is 6.93. The van der Waals surface area contributed by atoms with Gasteiger partial charge < -0.3 is 5.32 Å². The minimum absolute atomic E-state index is 0.748. The smallest absolute Gasteiger partial charge is 0.00668 e. The molecule has 0 aromatic heterocycles. The molecule has 0 saturated heterocycles. The molecule has 94 valence electrons. The van der Waals surface area contributed by atoms with Gasteiger partial charge in [0.15, 0.2) is 0 Å². The fraction of sp³-hybridized carbons (Fsp3) is 0.625. The largest absolute Gasteiger partial charge is 0.317 e. The van der Waals surface area contributed by atoms with Gasteiger partial charge in [-0.05, 0) is 62.8 Å². The molecule has 1 aromatic carbocycles. The minimum atomic E-state index is 0.748. The summed E-state index contributed by atoms with van der Waals surface area (Å²) in [5, 5.41) is 3.45. The molecule has 0 bridgehead atoms. The lowest BCUT2D eigenvalue weighted by Crippen LogP contribution is -2.32. The van der Waals surface area contributed by atoms with E-state index in [-0.39, 0.29) is 0 Å². The van der Waals surface area contributed by atoms with Crippen LogP contribution in [0.5, 0.6) is 0 Å². The highest BCUT2D eigenvalue weighted by atomic mass is 14.9. The first-order valence-electron chi connectivity index (χ1n) is 6.93. The van der Waals surface area contributed by atoms with Crippen LogP contribution >= 0.6 is 0 Å². The maximum atomic E-state index is 3.45. The average molecular weight is 231 g/mol. The molecule has 17 heavy (non-hydrogen) atoms. The average Bonchev–Trinajstić information content (AvgIpc) is 2.34. The van der Waals surface area contributed by atoms with Crippen LogP contribution in [0, 0.1) is 19.8 Å². The predicted molar refractivity (Wildman–Crippen MR) is 74.4 cm³/mol. The molecule has 2 unspecified atom stereocenters. The van der Waals surface area contributed by atoms with Crippen LogP contribution in [0.1, 0.15) is 42.4 Å². The van der Waals surface area contributed by atoms with Crippen LogP contribution < -0.4 is 5.32 Å². The number of rotatable bonds is 3. The molecule has 1 aromatic rings. The molecule has 1 nitrogen and oxygen atoms in total. The molecular weight excluding hydrogens is 206 g/mol. The third kappa shape index (κ3) is 3.10. The Balaban J connectivity index is 2.05. The van der Waals surface area contributed by atoms with Crippen molar-refractivity contribution >= 4 is 0 Å². The fourth-order valence-corrected chi connectivity index (χ4v) is 3.20. The molecule has 1 saturated carbocycles. The van der Waals surface area contributed by atoms with Crippen LogP contribution in [0.4, 0.5) is 0 Å². The van der Waals surface area contributed by atoms with Crippen LogP contribution in [0.2, 0.25) is 0 Å². The van der Waals surface area contributed by atoms with Crippen molar-refractivity contribution in [2.75, 3.05) is 7.05 Å². The van der Waals surface area contributed by atoms with Crippen LogP contribution in [0.3, 0.4) is 0 Å². The lowest BCUT2D eigenvalue weighted by molar-refractivity contribution is 0.294. The molecular formula is C16H25N. The highest BCUT2D eigenvalue weighted by molar-refractivity contribution is 5.33. The third-order valence-electron chi connectivity index (χ3n) is 4.33. The number of benzene rings is 1. The van der Waals surface area contributed by atoms with Gasteiger partial charge in [0, 0.05) is 6.04 Å². The maximum Gasteiger partial charge on any atom is 0.00668 e. The zero-order valence-electron chi connectivity index (χ0n) is 11.4. The van der Waals surface area contributed by atoms with Crippen molar-refractivity contribution in [3.63, 3.8) is 0 Å².